The van der Waals surface area contributed by atoms with Gasteiger partial charge < -0.3 is 14.8 Å². The van der Waals surface area contributed by atoms with E-state index in [9.17, 15) is 13.2 Å². The van der Waals surface area contributed by atoms with Gasteiger partial charge >= 0.3 is 6.18 Å². The zero-order valence-electron chi connectivity index (χ0n) is 11.2. The summed E-state index contributed by atoms with van der Waals surface area (Å²) in [5, 5.41) is 2.90. The van der Waals surface area contributed by atoms with Crippen molar-refractivity contribution in [3.8, 4) is 11.5 Å². The van der Waals surface area contributed by atoms with Crippen LogP contribution in [0.4, 0.5) is 18.3 Å². The number of ether oxygens (including phenoxy) is 2. The highest BCUT2D eigenvalue weighted by Gasteiger charge is 2.36. The van der Waals surface area contributed by atoms with E-state index in [2.05, 4.69) is 14.7 Å². The van der Waals surface area contributed by atoms with Crippen LogP contribution in [0.3, 0.4) is 0 Å². The number of anilines is 1. The van der Waals surface area contributed by atoms with Crippen molar-refractivity contribution in [2.24, 2.45) is 0 Å². The average molecular weight is 319 g/mol. The molecule has 2 rings (SSSR count). The topological polar surface area (TPSA) is 56.3 Å². The minimum Gasteiger partial charge on any atom is -0.493 e. The summed E-state index contributed by atoms with van der Waals surface area (Å²) in [6.45, 7) is 0.298. The van der Waals surface area contributed by atoms with Gasteiger partial charge in [0.25, 0.3) is 0 Å². The fraction of sp³-hybridized carbons (Fsp3) is 0.333. The summed E-state index contributed by atoms with van der Waals surface area (Å²) in [5.41, 5.74) is 0.816. The van der Waals surface area contributed by atoms with E-state index in [0.29, 0.717) is 29.6 Å². The molecule has 1 aromatic carbocycles. The van der Waals surface area contributed by atoms with E-state index in [-0.39, 0.29) is 5.13 Å². The minimum absolute atomic E-state index is 0.108. The number of alkyl halides is 3. The first-order chi connectivity index (χ1) is 9.94. The van der Waals surface area contributed by atoms with Gasteiger partial charge in [0.15, 0.2) is 11.5 Å². The third-order valence-corrected chi connectivity index (χ3v) is 3.24. The second kappa shape index (κ2) is 6.17. The van der Waals surface area contributed by atoms with Gasteiger partial charge in [0, 0.05) is 18.1 Å². The van der Waals surface area contributed by atoms with Crippen LogP contribution in [-0.4, -0.2) is 23.6 Å². The molecule has 0 radical (unpaired) electrons. The van der Waals surface area contributed by atoms with E-state index in [1.54, 1.807) is 18.2 Å². The quantitative estimate of drug-likeness (QED) is 0.917. The molecule has 9 heteroatoms. The first kappa shape index (κ1) is 15.4. The smallest absolute Gasteiger partial charge is 0.452 e. The van der Waals surface area contributed by atoms with Crippen LogP contribution in [0.1, 0.15) is 11.4 Å². The van der Waals surface area contributed by atoms with Crippen LogP contribution in [0, 0.1) is 0 Å². The number of methoxy groups -OCH3 is 2. The summed E-state index contributed by atoms with van der Waals surface area (Å²) in [4.78, 5) is 3.39. The lowest BCUT2D eigenvalue weighted by molar-refractivity contribution is -0.144. The van der Waals surface area contributed by atoms with Crippen LogP contribution in [0.2, 0.25) is 0 Å². The van der Waals surface area contributed by atoms with Crippen molar-refractivity contribution < 1.29 is 22.6 Å². The Balaban J connectivity index is 2.04. The molecule has 2 aromatic rings. The van der Waals surface area contributed by atoms with Crippen LogP contribution < -0.4 is 14.8 Å². The van der Waals surface area contributed by atoms with Gasteiger partial charge in [0.2, 0.25) is 11.0 Å². The average Bonchev–Trinajstić information content (AvgIpc) is 2.93. The number of nitrogens with one attached hydrogen (secondary N) is 1. The Kier molecular flexibility index (Phi) is 4.51. The van der Waals surface area contributed by atoms with Gasteiger partial charge in [-0.25, -0.2) is 0 Å². The van der Waals surface area contributed by atoms with Gasteiger partial charge in [-0.15, -0.1) is 0 Å². The van der Waals surface area contributed by atoms with E-state index in [1.807, 2.05) is 0 Å². The van der Waals surface area contributed by atoms with E-state index >= 15 is 0 Å². The maximum atomic E-state index is 12.4. The van der Waals surface area contributed by atoms with E-state index in [0.717, 1.165) is 5.56 Å². The maximum absolute atomic E-state index is 12.4. The van der Waals surface area contributed by atoms with Crippen molar-refractivity contribution in [1.82, 2.24) is 9.36 Å². The van der Waals surface area contributed by atoms with Crippen LogP contribution in [0.25, 0.3) is 0 Å². The van der Waals surface area contributed by atoms with Gasteiger partial charge in [-0.3, -0.25) is 0 Å². The molecule has 114 valence electrons. The molecule has 0 amide bonds. The second-order valence-electron chi connectivity index (χ2n) is 3.96. The molecule has 1 N–H and O–H groups in total. The fourth-order valence-electron chi connectivity index (χ4n) is 1.58. The van der Waals surface area contributed by atoms with Gasteiger partial charge in [0.05, 0.1) is 14.2 Å². The summed E-state index contributed by atoms with van der Waals surface area (Å²) in [7, 11) is 3.03. The molecule has 0 aliphatic heterocycles. The number of nitrogens with zero attached hydrogens (tertiary/aromatic N) is 2. The highest BCUT2D eigenvalue weighted by Crippen LogP contribution is 2.30. The molecule has 0 spiro atoms. The predicted octanol–water partition coefficient (Wildman–Crippen LogP) is 3.19. The highest BCUT2D eigenvalue weighted by molar-refractivity contribution is 7.09. The van der Waals surface area contributed by atoms with Gasteiger partial charge in [0.1, 0.15) is 0 Å². The third kappa shape index (κ3) is 3.75. The lowest BCUT2D eigenvalue weighted by Crippen LogP contribution is -2.07. The molecule has 5 nitrogen and oxygen atoms in total. The molecule has 0 atom stereocenters. The van der Waals surface area contributed by atoms with Crippen LogP contribution in [-0.2, 0) is 12.7 Å². The number of aromatic nitrogens is 2. The number of halogens is 3. The normalized spacial score (nSPS) is 11.3. The lowest BCUT2D eigenvalue weighted by atomic mass is 10.2. The number of hydrogen-bond donors (Lipinski definition) is 1. The molecule has 0 aliphatic carbocycles. The number of hydrogen-bond acceptors (Lipinski definition) is 6. The third-order valence-electron chi connectivity index (χ3n) is 2.57. The Morgan fingerprint density at radius 2 is 1.90 bits per heavy atom. The molecule has 1 heterocycles. The van der Waals surface area contributed by atoms with Crippen molar-refractivity contribution >= 4 is 16.7 Å². The molecule has 0 saturated heterocycles. The van der Waals surface area contributed by atoms with Gasteiger partial charge in [-0.2, -0.15) is 22.5 Å². The molecule has 0 bridgehead atoms. The Hall–Kier alpha value is -2.03. The second-order valence-corrected chi connectivity index (χ2v) is 4.72. The molecule has 1 aromatic heterocycles. The van der Waals surface area contributed by atoms with Crippen LogP contribution >= 0.6 is 11.5 Å². The minimum atomic E-state index is -4.53. The molecule has 0 fully saturated rings. The van der Waals surface area contributed by atoms with Crippen molar-refractivity contribution in [2.75, 3.05) is 19.5 Å². The van der Waals surface area contributed by atoms with E-state index < -0.39 is 12.0 Å². The zero-order chi connectivity index (χ0) is 15.5. The Morgan fingerprint density at radius 3 is 2.48 bits per heavy atom. The Labute approximate surface area is 122 Å². The van der Waals surface area contributed by atoms with E-state index in [4.69, 9.17) is 9.47 Å². The summed E-state index contributed by atoms with van der Waals surface area (Å²) in [6.07, 6.45) is -4.53. The largest absolute Gasteiger partial charge is 0.493 e. The number of benzene rings is 1. The summed E-state index contributed by atoms with van der Waals surface area (Å²) in [6, 6.07) is 5.23. The first-order valence-electron chi connectivity index (χ1n) is 5.79. The molecule has 0 unspecified atom stereocenters. The molecule has 21 heavy (non-hydrogen) atoms. The summed E-state index contributed by atoms with van der Waals surface area (Å²) in [5.74, 6) is -0.0103. The van der Waals surface area contributed by atoms with Crippen molar-refractivity contribution in [3.63, 3.8) is 0 Å². The van der Waals surface area contributed by atoms with Crippen molar-refractivity contribution in [2.45, 2.75) is 12.7 Å². The van der Waals surface area contributed by atoms with Gasteiger partial charge in [-0.05, 0) is 17.7 Å². The zero-order valence-corrected chi connectivity index (χ0v) is 12.0. The Morgan fingerprint density at radius 1 is 1.19 bits per heavy atom. The molecular weight excluding hydrogens is 307 g/mol. The monoisotopic (exact) mass is 319 g/mol. The summed E-state index contributed by atoms with van der Waals surface area (Å²) >= 11 is 0.665. The van der Waals surface area contributed by atoms with Crippen molar-refractivity contribution in [1.29, 1.82) is 0 Å². The fourth-order valence-corrected chi connectivity index (χ4v) is 2.16. The predicted molar refractivity (Wildman–Crippen MR) is 71.8 cm³/mol. The standard InChI is InChI=1S/C12H12F3N3O2S/c1-19-8-4-3-7(5-9(8)20-2)6-16-11-17-10(18-21-11)12(13,14)15/h3-5H,6H2,1-2H3,(H,16,17,18). The molecule has 0 aliphatic rings. The van der Waals surface area contributed by atoms with E-state index in [1.165, 1.54) is 14.2 Å². The number of rotatable bonds is 5. The van der Waals surface area contributed by atoms with Gasteiger partial charge in [-0.1, -0.05) is 6.07 Å². The summed E-state index contributed by atoms with van der Waals surface area (Å²) < 4.78 is 50.6. The highest BCUT2D eigenvalue weighted by atomic mass is 32.1. The molecule has 0 saturated carbocycles. The SMILES string of the molecule is COc1ccc(CNc2nc(C(F)(F)F)ns2)cc1OC. The Bertz CT molecular complexity index is 616. The maximum Gasteiger partial charge on any atom is 0.452 e. The lowest BCUT2D eigenvalue weighted by Gasteiger charge is -2.09. The first-order valence-corrected chi connectivity index (χ1v) is 6.57. The van der Waals surface area contributed by atoms with Crippen LogP contribution in [0.15, 0.2) is 18.2 Å². The van der Waals surface area contributed by atoms with Crippen LogP contribution in [0.5, 0.6) is 11.5 Å². The van der Waals surface area contributed by atoms with Crippen molar-refractivity contribution in [3.05, 3.63) is 29.6 Å². The molecular formula is C12H12F3N3O2S.